The molecule has 1 aromatic carbocycles. The molecule has 148 valence electrons. The van der Waals surface area contributed by atoms with Crippen LogP contribution < -0.4 is 15.4 Å². The number of aliphatic hydroxyl groups is 1. The van der Waals surface area contributed by atoms with Crippen LogP contribution in [0.15, 0.2) is 51.9 Å². The minimum absolute atomic E-state index is 0.215. The van der Waals surface area contributed by atoms with Crippen LogP contribution in [0.5, 0.6) is 5.75 Å². The average molecular weight is 373 g/mol. The zero-order chi connectivity index (χ0) is 19.5. The van der Waals surface area contributed by atoms with Gasteiger partial charge in [0, 0.05) is 13.1 Å². The fourth-order valence-electron chi connectivity index (χ4n) is 2.52. The first kappa shape index (κ1) is 20.8. The molecule has 3 N–H and O–H groups in total. The van der Waals surface area contributed by atoms with E-state index < -0.39 is 5.60 Å². The van der Waals surface area contributed by atoms with Gasteiger partial charge in [0.1, 0.15) is 22.9 Å². The Kier molecular flexibility index (Phi) is 8.20. The summed E-state index contributed by atoms with van der Waals surface area (Å²) in [6.45, 7) is 8.02. The van der Waals surface area contributed by atoms with Crippen LogP contribution in [0.1, 0.15) is 38.2 Å². The van der Waals surface area contributed by atoms with Gasteiger partial charge >= 0.3 is 0 Å². The molecular weight excluding hydrogens is 342 g/mol. The van der Waals surface area contributed by atoms with E-state index in [9.17, 15) is 5.11 Å². The number of nitrogens with zero attached hydrogens (tertiary/aromatic N) is 1. The summed E-state index contributed by atoms with van der Waals surface area (Å²) in [7, 11) is 0. The summed E-state index contributed by atoms with van der Waals surface area (Å²) in [5.41, 5.74) is -1.14. The molecule has 6 heteroatoms. The predicted molar refractivity (Wildman–Crippen MR) is 108 cm³/mol. The molecule has 6 nitrogen and oxygen atoms in total. The van der Waals surface area contributed by atoms with Crippen molar-refractivity contribution < 1.29 is 14.3 Å². The van der Waals surface area contributed by atoms with E-state index in [1.54, 1.807) is 13.0 Å². The van der Waals surface area contributed by atoms with Crippen molar-refractivity contribution in [1.82, 2.24) is 10.6 Å². The lowest BCUT2D eigenvalue weighted by Gasteiger charge is -2.19. The molecule has 0 saturated carbocycles. The van der Waals surface area contributed by atoms with E-state index in [1.165, 1.54) is 0 Å². The first-order chi connectivity index (χ1) is 13.0. The third kappa shape index (κ3) is 7.35. The van der Waals surface area contributed by atoms with Crippen molar-refractivity contribution in [2.45, 2.75) is 39.2 Å². The van der Waals surface area contributed by atoms with Crippen LogP contribution in [-0.4, -0.2) is 37.3 Å². The average Bonchev–Trinajstić information content (AvgIpc) is 3.11. The Morgan fingerprint density at radius 2 is 1.93 bits per heavy atom. The molecule has 0 bridgehead atoms. The predicted octanol–water partition coefficient (Wildman–Crippen LogP) is 3.21. The van der Waals surface area contributed by atoms with Crippen LogP contribution in [0.25, 0.3) is 0 Å². The SMILES string of the molecule is CCNC(=NCC(C)(O)c1ccc(C)o1)NCCCCOc1ccccc1. The highest BCUT2D eigenvalue weighted by molar-refractivity contribution is 5.79. The minimum atomic E-state index is -1.14. The van der Waals surface area contributed by atoms with E-state index in [2.05, 4.69) is 15.6 Å². The highest BCUT2D eigenvalue weighted by atomic mass is 16.5. The highest BCUT2D eigenvalue weighted by Crippen LogP contribution is 2.23. The molecule has 0 fully saturated rings. The van der Waals surface area contributed by atoms with Crippen LogP contribution in [0.2, 0.25) is 0 Å². The largest absolute Gasteiger partial charge is 0.494 e. The standard InChI is InChI=1S/C21H31N3O3/c1-4-22-20(24-16-21(3,25)19-13-12-17(2)27-19)23-14-8-9-15-26-18-10-6-5-7-11-18/h5-7,10-13,25H,4,8-9,14-16H2,1-3H3,(H2,22,23,24). The summed E-state index contributed by atoms with van der Waals surface area (Å²) >= 11 is 0. The number of para-hydroxylation sites is 1. The summed E-state index contributed by atoms with van der Waals surface area (Å²) < 4.78 is 11.2. The van der Waals surface area contributed by atoms with Gasteiger partial charge in [-0.2, -0.15) is 0 Å². The van der Waals surface area contributed by atoms with Gasteiger partial charge in [-0.3, -0.25) is 0 Å². The number of unbranched alkanes of at least 4 members (excludes halogenated alkanes) is 1. The van der Waals surface area contributed by atoms with Gasteiger partial charge in [0.25, 0.3) is 0 Å². The van der Waals surface area contributed by atoms with Crippen molar-refractivity contribution in [3.05, 3.63) is 54.0 Å². The maximum Gasteiger partial charge on any atom is 0.191 e. The number of hydrogen-bond acceptors (Lipinski definition) is 4. The van der Waals surface area contributed by atoms with Gasteiger partial charge in [0.15, 0.2) is 5.96 Å². The zero-order valence-corrected chi connectivity index (χ0v) is 16.5. The molecule has 1 unspecified atom stereocenters. The fraction of sp³-hybridized carbons (Fsp3) is 0.476. The summed E-state index contributed by atoms with van der Waals surface area (Å²) in [5.74, 6) is 2.88. The molecule has 0 aliphatic rings. The second-order valence-corrected chi connectivity index (χ2v) is 6.67. The Hall–Kier alpha value is -2.47. The maximum atomic E-state index is 10.6. The highest BCUT2D eigenvalue weighted by Gasteiger charge is 2.26. The Morgan fingerprint density at radius 3 is 2.59 bits per heavy atom. The summed E-state index contributed by atoms with van der Waals surface area (Å²) in [6.07, 6.45) is 1.91. The van der Waals surface area contributed by atoms with Crippen molar-refractivity contribution in [1.29, 1.82) is 0 Å². The summed E-state index contributed by atoms with van der Waals surface area (Å²) in [4.78, 5) is 4.49. The molecule has 0 saturated heterocycles. The molecule has 0 amide bonds. The van der Waals surface area contributed by atoms with Gasteiger partial charge in [-0.25, -0.2) is 4.99 Å². The van der Waals surface area contributed by atoms with Gasteiger partial charge in [-0.15, -0.1) is 0 Å². The second kappa shape index (κ2) is 10.6. The molecule has 0 aliphatic heterocycles. The van der Waals surface area contributed by atoms with Crippen molar-refractivity contribution in [2.75, 3.05) is 26.2 Å². The van der Waals surface area contributed by atoms with Crippen molar-refractivity contribution in [3.63, 3.8) is 0 Å². The first-order valence-corrected chi connectivity index (χ1v) is 9.50. The second-order valence-electron chi connectivity index (χ2n) is 6.67. The number of benzene rings is 1. The molecule has 0 aliphatic carbocycles. The number of aryl methyl sites for hydroxylation is 1. The van der Waals surface area contributed by atoms with E-state index in [4.69, 9.17) is 9.15 Å². The van der Waals surface area contributed by atoms with E-state index in [1.807, 2.05) is 50.2 Å². The van der Waals surface area contributed by atoms with Gasteiger partial charge < -0.3 is 24.9 Å². The number of hydrogen-bond donors (Lipinski definition) is 3. The quantitative estimate of drug-likeness (QED) is 0.339. The topological polar surface area (TPSA) is 79.0 Å². The molecule has 2 rings (SSSR count). The lowest BCUT2D eigenvalue weighted by atomic mass is 10.0. The number of nitrogens with one attached hydrogen (secondary N) is 2. The summed E-state index contributed by atoms with van der Waals surface area (Å²) in [6, 6.07) is 13.5. The molecule has 0 spiro atoms. The lowest BCUT2D eigenvalue weighted by Crippen LogP contribution is -2.39. The van der Waals surface area contributed by atoms with E-state index in [0.29, 0.717) is 18.3 Å². The molecule has 1 aromatic heterocycles. The number of aliphatic imine (C=N–C) groups is 1. The summed E-state index contributed by atoms with van der Waals surface area (Å²) in [5, 5.41) is 17.1. The molecule has 27 heavy (non-hydrogen) atoms. The zero-order valence-electron chi connectivity index (χ0n) is 16.5. The smallest absolute Gasteiger partial charge is 0.191 e. The monoisotopic (exact) mass is 373 g/mol. The van der Waals surface area contributed by atoms with Gasteiger partial charge in [0.2, 0.25) is 0 Å². The van der Waals surface area contributed by atoms with Crippen LogP contribution in [0.3, 0.4) is 0 Å². The molecule has 2 aromatic rings. The van der Waals surface area contributed by atoms with Crippen LogP contribution in [-0.2, 0) is 5.60 Å². The van der Waals surface area contributed by atoms with Gasteiger partial charge in [-0.1, -0.05) is 18.2 Å². The normalized spacial score (nSPS) is 13.9. The van der Waals surface area contributed by atoms with Gasteiger partial charge in [-0.05, 0) is 57.9 Å². The number of guanidine groups is 1. The number of furan rings is 1. The van der Waals surface area contributed by atoms with Crippen molar-refractivity contribution in [2.24, 2.45) is 4.99 Å². The third-order valence-electron chi connectivity index (χ3n) is 4.04. The van der Waals surface area contributed by atoms with Crippen molar-refractivity contribution in [3.8, 4) is 5.75 Å². The molecular formula is C21H31N3O3. The van der Waals surface area contributed by atoms with Crippen LogP contribution >= 0.6 is 0 Å². The number of rotatable bonds is 10. The Bertz CT molecular complexity index is 696. The minimum Gasteiger partial charge on any atom is -0.494 e. The maximum absolute atomic E-state index is 10.6. The molecule has 0 radical (unpaired) electrons. The lowest BCUT2D eigenvalue weighted by molar-refractivity contribution is 0.0428. The van der Waals surface area contributed by atoms with Gasteiger partial charge in [0.05, 0.1) is 13.2 Å². The fourth-order valence-corrected chi connectivity index (χ4v) is 2.52. The first-order valence-electron chi connectivity index (χ1n) is 9.50. The Balaban J connectivity index is 1.73. The van der Waals surface area contributed by atoms with Crippen molar-refractivity contribution >= 4 is 5.96 Å². The van der Waals surface area contributed by atoms with E-state index >= 15 is 0 Å². The van der Waals surface area contributed by atoms with Crippen LogP contribution in [0.4, 0.5) is 0 Å². The van der Waals surface area contributed by atoms with E-state index in [-0.39, 0.29) is 6.54 Å². The molecule has 1 heterocycles. The Morgan fingerprint density at radius 1 is 1.15 bits per heavy atom. The molecule has 1 atom stereocenters. The number of ether oxygens (including phenoxy) is 1. The Labute approximate surface area is 161 Å². The van der Waals surface area contributed by atoms with E-state index in [0.717, 1.165) is 37.4 Å². The van der Waals surface area contributed by atoms with Crippen LogP contribution in [0, 0.1) is 6.92 Å². The third-order valence-corrected chi connectivity index (χ3v) is 4.04.